The van der Waals surface area contributed by atoms with Gasteiger partial charge in [0.25, 0.3) is 0 Å². The molecule has 2 atom stereocenters. The minimum Gasteiger partial charge on any atom is -0.378 e. The lowest BCUT2D eigenvalue weighted by atomic mass is 9.92. The summed E-state index contributed by atoms with van der Waals surface area (Å²) in [5.41, 5.74) is 4.37. The van der Waals surface area contributed by atoms with Crippen molar-refractivity contribution in [2.24, 2.45) is 5.92 Å². The fraction of sp³-hybridized carbons (Fsp3) is 0.545. The molecule has 2 saturated heterocycles. The molecule has 1 aliphatic carbocycles. The normalized spacial score (nSPS) is 24.4. The number of amides is 1. The quantitative estimate of drug-likeness (QED) is 0.777. The predicted molar refractivity (Wildman–Crippen MR) is 117 cm³/mol. The van der Waals surface area contributed by atoms with Crippen LogP contribution in [-0.4, -0.2) is 59.9 Å². The number of morpholine rings is 1. The molecule has 3 heterocycles. The Morgan fingerprint density at radius 2 is 1.90 bits per heavy atom. The summed E-state index contributed by atoms with van der Waals surface area (Å²) in [5, 5.41) is 8.51. The highest BCUT2D eigenvalue weighted by atomic mass is 35.5. The van der Waals surface area contributed by atoms with Crippen LogP contribution >= 0.6 is 23.2 Å². The molecular weight excluding hydrogens is 423 g/mol. The van der Waals surface area contributed by atoms with Gasteiger partial charge in [0.15, 0.2) is 0 Å². The monoisotopic (exact) mass is 448 g/mol. The minimum absolute atomic E-state index is 0.0556. The number of H-pyrrole nitrogens is 1. The third kappa shape index (κ3) is 3.81. The molecule has 1 aromatic carbocycles. The van der Waals surface area contributed by atoms with Gasteiger partial charge in [-0.1, -0.05) is 23.2 Å². The number of carbonyl (C=O) groups is 1. The van der Waals surface area contributed by atoms with E-state index in [0.717, 1.165) is 56.6 Å². The van der Waals surface area contributed by atoms with E-state index >= 15 is 0 Å². The molecule has 160 valence electrons. The first-order valence-electron chi connectivity index (χ1n) is 10.7. The molecule has 2 unspecified atom stereocenters. The number of halogens is 2. The fourth-order valence-electron chi connectivity index (χ4n) is 5.01. The topological polar surface area (TPSA) is 61.5 Å². The van der Waals surface area contributed by atoms with Gasteiger partial charge in [-0.3, -0.25) is 9.89 Å². The number of rotatable bonds is 4. The zero-order valence-electron chi connectivity index (χ0n) is 16.9. The van der Waals surface area contributed by atoms with Crippen LogP contribution in [0.1, 0.15) is 29.7 Å². The second-order valence-electron chi connectivity index (χ2n) is 8.48. The van der Waals surface area contributed by atoms with Crippen LogP contribution in [-0.2, 0) is 28.8 Å². The number of aromatic nitrogens is 2. The van der Waals surface area contributed by atoms with E-state index in [1.165, 1.54) is 11.3 Å². The van der Waals surface area contributed by atoms with E-state index < -0.39 is 0 Å². The molecule has 5 rings (SSSR count). The van der Waals surface area contributed by atoms with Gasteiger partial charge in [0.2, 0.25) is 5.91 Å². The molecule has 2 fully saturated rings. The number of likely N-dealkylation sites (tertiary alicyclic amines) is 1. The largest absolute Gasteiger partial charge is 0.378 e. The molecule has 1 aromatic heterocycles. The van der Waals surface area contributed by atoms with Crippen LogP contribution in [0.2, 0.25) is 10.0 Å². The number of nitrogens with zero attached hydrogens (tertiary/aromatic N) is 3. The van der Waals surface area contributed by atoms with Gasteiger partial charge in [-0.25, -0.2) is 0 Å². The van der Waals surface area contributed by atoms with Gasteiger partial charge in [0.05, 0.1) is 19.4 Å². The van der Waals surface area contributed by atoms with E-state index in [1.54, 1.807) is 0 Å². The lowest BCUT2D eigenvalue weighted by Gasteiger charge is -2.31. The van der Waals surface area contributed by atoms with Crippen molar-refractivity contribution >= 4 is 34.8 Å². The molecule has 2 aliphatic heterocycles. The zero-order valence-corrected chi connectivity index (χ0v) is 18.4. The van der Waals surface area contributed by atoms with Crippen molar-refractivity contribution in [3.63, 3.8) is 0 Å². The number of aryl methyl sites for hydroxylation is 1. The highest BCUT2D eigenvalue weighted by Crippen LogP contribution is 2.36. The maximum absolute atomic E-state index is 13.2. The molecule has 30 heavy (non-hydrogen) atoms. The second kappa shape index (κ2) is 8.40. The van der Waals surface area contributed by atoms with Crippen molar-refractivity contribution < 1.29 is 9.53 Å². The van der Waals surface area contributed by atoms with Crippen LogP contribution in [0.3, 0.4) is 0 Å². The highest BCUT2D eigenvalue weighted by molar-refractivity contribution is 6.36. The van der Waals surface area contributed by atoms with Gasteiger partial charge in [0, 0.05) is 53.0 Å². The van der Waals surface area contributed by atoms with Crippen LogP contribution in [0.5, 0.6) is 0 Å². The first-order chi connectivity index (χ1) is 14.6. The standard InChI is InChI=1S/C22H26Cl2N4O2/c23-19-11-17(27-5-7-30-8-6-27)12-20(24)18(19)10-14-3-4-28(22(14)29)16-1-2-21-15(9-16)13-25-26-21/h11-14,16H,1-10H2,(H,25,26). The number of aromatic amines is 1. The Morgan fingerprint density at radius 3 is 2.67 bits per heavy atom. The minimum atomic E-state index is -0.0556. The molecule has 1 N–H and O–H groups in total. The molecule has 8 heteroatoms. The molecule has 0 bridgehead atoms. The summed E-state index contributed by atoms with van der Waals surface area (Å²) in [4.78, 5) is 17.5. The van der Waals surface area contributed by atoms with Crippen LogP contribution in [0.15, 0.2) is 18.3 Å². The first-order valence-corrected chi connectivity index (χ1v) is 11.5. The lowest BCUT2D eigenvalue weighted by Crippen LogP contribution is -2.41. The summed E-state index contributed by atoms with van der Waals surface area (Å²) < 4.78 is 5.43. The first kappa shape index (κ1) is 20.2. The smallest absolute Gasteiger partial charge is 0.226 e. The van der Waals surface area contributed by atoms with E-state index in [4.69, 9.17) is 27.9 Å². The summed E-state index contributed by atoms with van der Waals surface area (Å²) in [6.07, 6.45) is 6.18. The Bertz CT molecular complexity index is 918. The van der Waals surface area contributed by atoms with Crippen molar-refractivity contribution in [2.75, 3.05) is 37.7 Å². The van der Waals surface area contributed by atoms with Gasteiger partial charge < -0.3 is 14.5 Å². The van der Waals surface area contributed by atoms with Gasteiger partial charge in [-0.05, 0) is 55.4 Å². The summed E-state index contributed by atoms with van der Waals surface area (Å²) in [7, 11) is 0. The van der Waals surface area contributed by atoms with Crippen LogP contribution in [0.4, 0.5) is 5.69 Å². The van der Waals surface area contributed by atoms with Gasteiger partial charge in [0.1, 0.15) is 0 Å². The lowest BCUT2D eigenvalue weighted by molar-refractivity contribution is -0.133. The number of fused-ring (bicyclic) bond motifs is 1. The van der Waals surface area contributed by atoms with Crippen molar-refractivity contribution in [1.29, 1.82) is 0 Å². The Morgan fingerprint density at radius 1 is 1.13 bits per heavy atom. The average Bonchev–Trinajstić information content (AvgIpc) is 3.37. The van der Waals surface area contributed by atoms with Crippen LogP contribution < -0.4 is 4.90 Å². The average molecular weight is 449 g/mol. The maximum Gasteiger partial charge on any atom is 0.226 e. The molecule has 6 nitrogen and oxygen atoms in total. The van der Waals surface area contributed by atoms with E-state index in [0.29, 0.717) is 29.7 Å². The molecule has 0 radical (unpaired) electrons. The zero-order chi connectivity index (χ0) is 20.7. The second-order valence-corrected chi connectivity index (χ2v) is 9.29. The Kier molecular flexibility index (Phi) is 5.65. The third-order valence-electron chi connectivity index (χ3n) is 6.73. The van der Waals surface area contributed by atoms with E-state index in [-0.39, 0.29) is 17.9 Å². The molecular formula is C22H26Cl2N4O2. The Labute approximate surface area is 186 Å². The van der Waals surface area contributed by atoms with E-state index in [2.05, 4.69) is 20.0 Å². The summed E-state index contributed by atoms with van der Waals surface area (Å²) in [5.74, 6) is 0.177. The van der Waals surface area contributed by atoms with Crippen molar-refractivity contribution in [3.8, 4) is 0 Å². The Balaban J connectivity index is 1.28. The third-order valence-corrected chi connectivity index (χ3v) is 7.41. The van der Waals surface area contributed by atoms with Crippen molar-refractivity contribution in [3.05, 3.63) is 45.2 Å². The molecule has 1 amide bonds. The molecule has 0 saturated carbocycles. The molecule has 3 aliphatic rings. The number of nitrogens with one attached hydrogen (secondary N) is 1. The number of ether oxygens (including phenoxy) is 1. The van der Waals surface area contributed by atoms with E-state index in [1.807, 2.05) is 18.3 Å². The van der Waals surface area contributed by atoms with Gasteiger partial charge in [-0.2, -0.15) is 5.10 Å². The summed E-state index contributed by atoms with van der Waals surface area (Å²) in [6, 6.07) is 4.22. The SMILES string of the molecule is O=C1C(Cc2c(Cl)cc(N3CCOCC3)cc2Cl)CCN1C1CCc2[nH]ncc2C1. The summed E-state index contributed by atoms with van der Waals surface area (Å²) >= 11 is 13.3. The fourth-order valence-corrected chi connectivity index (χ4v) is 5.64. The predicted octanol–water partition coefficient (Wildman–Crippen LogP) is 3.50. The van der Waals surface area contributed by atoms with Gasteiger partial charge in [-0.15, -0.1) is 0 Å². The number of hydrogen-bond acceptors (Lipinski definition) is 4. The number of carbonyl (C=O) groups excluding carboxylic acids is 1. The van der Waals surface area contributed by atoms with Crippen LogP contribution in [0.25, 0.3) is 0 Å². The number of hydrogen-bond donors (Lipinski definition) is 1. The summed E-state index contributed by atoms with van der Waals surface area (Å²) in [6.45, 7) is 3.90. The van der Waals surface area contributed by atoms with Crippen molar-refractivity contribution in [1.82, 2.24) is 15.1 Å². The number of anilines is 1. The highest BCUT2D eigenvalue weighted by Gasteiger charge is 2.38. The Hall–Kier alpha value is -1.76. The molecule has 0 spiro atoms. The van der Waals surface area contributed by atoms with Gasteiger partial charge >= 0.3 is 0 Å². The van der Waals surface area contributed by atoms with Crippen molar-refractivity contribution in [2.45, 2.75) is 38.1 Å². The maximum atomic E-state index is 13.2. The molecule has 2 aromatic rings. The number of benzene rings is 1. The van der Waals surface area contributed by atoms with E-state index in [9.17, 15) is 4.79 Å². The van der Waals surface area contributed by atoms with Crippen LogP contribution in [0, 0.1) is 5.92 Å².